The third kappa shape index (κ3) is 2.04. The van der Waals surface area contributed by atoms with Gasteiger partial charge in [0.1, 0.15) is 5.82 Å². The number of aromatic nitrogens is 2. The lowest BCUT2D eigenvalue weighted by Crippen LogP contribution is -2.02. The smallest absolute Gasteiger partial charge is 0.307 e. The zero-order valence-corrected chi connectivity index (χ0v) is 7.97. The van der Waals surface area contributed by atoms with Gasteiger partial charge < -0.3 is 10.1 Å². The van der Waals surface area contributed by atoms with Crippen molar-refractivity contribution in [1.29, 1.82) is 0 Å². The fourth-order valence-corrected chi connectivity index (χ4v) is 1.48. The molecule has 2 N–H and O–H groups in total. The quantitative estimate of drug-likeness (QED) is 0.796. The molecule has 0 spiro atoms. The number of aromatic amines is 1. The van der Waals surface area contributed by atoms with E-state index in [4.69, 9.17) is 5.11 Å². The van der Waals surface area contributed by atoms with Gasteiger partial charge in [0, 0.05) is 18.0 Å². The van der Waals surface area contributed by atoms with Crippen LogP contribution >= 0.6 is 0 Å². The maximum atomic E-state index is 10.7. The van der Waals surface area contributed by atoms with Gasteiger partial charge >= 0.3 is 5.97 Å². The summed E-state index contributed by atoms with van der Waals surface area (Å²) < 4.78 is 0. The summed E-state index contributed by atoms with van der Waals surface area (Å²) >= 11 is 0. The first-order valence-electron chi connectivity index (χ1n) is 4.57. The monoisotopic (exact) mass is 202 g/mol. The number of H-pyrrole nitrogens is 1. The first-order valence-corrected chi connectivity index (χ1v) is 4.57. The highest BCUT2D eigenvalue weighted by Crippen LogP contribution is 2.20. The van der Waals surface area contributed by atoms with E-state index in [0.29, 0.717) is 5.82 Å². The van der Waals surface area contributed by atoms with Crippen molar-refractivity contribution in [3.8, 4) is 11.4 Å². The van der Waals surface area contributed by atoms with Gasteiger partial charge in [-0.3, -0.25) is 4.79 Å². The molecule has 0 aliphatic rings. The molecule has 1 heterocycles. The lowest BCUT2D eigenvalue weighted by Gasteiger charge is -2.04. The van der Waals surface area contributed by atoms with Gasteiger partial charge in [-0.15, -0.1) is 0 Å². The van der Waals surface area contributed by atoms with Crippen LogP contribution < -0.4 is 0 Å². The zero-order valence-electron chi connectivity index (χ0n) is 7.97. The largest absolute Gasteiger partial charge is 0.481 e. The Bertz CT molecular complexity index is 463. The molecule has 0 atom stereocenters. The summed E-state index contributed by atoms with van der Waals surface area (Å²) in [7, 11) is 0. The second-order valence-corrected chi connectivity index (χ2v) is 3.17. The summed E-state index contributed by atoms with van der Waals surface area (Å²) in [6, 6.07) is 7.34. The Morgan fingerprint density at radius 1 is 1.40 bits per heavy atom. The molecule has 2 aromatic rings. The number of nitrogens with zero attached hydrogens (tertiary/aromatic N) is 1. The molecule has 4 nitrogen and oxygen atoms in total. The third-order valence-corrected chi connectivity index (χ3v) is 2.11. The molecule has 1 aromatic heterocycles. The number of carboxylic acid groups (broad SMARTS) is 1. The van der Waals surface area contributed by atoms with Crippen LogP contribution in [-0.2, 0) is 11.2 Å². The first-order chi connectivity index (χ1) is 7.27. The number of imidazole rings is 1. The highest BCUT2D eigenvalue weighted by molar-refractivity contribution is 5.74. The zero-order chi connectivity index (χ0) is 10.7. The average molecular weight is 202 g/mol. The second kappa shape index (κ2) is 3.96. The van der Waals surface area contributed by atoms with Gasteiger partial charge in [0.15, 0.2) is 0 Å². The maximum Gasteiger partial charge on any atom is 0.307 e. The molecule has 15 heavy (non-hydrogen) atoms. The number of aliphatic carboxylic acids is 1. The standard InChI is InChI=1S/C11H10N2O2/c14-10(15)7-8-3-1-2-4-9(8)11-12-5-6-13-11/h1-6H,7H2,(H,12,13)(H,14,15). The summed E-state index contributed by atoms with van der Waals surface area (Å²) in [5.74, 6) is -0.138. The van der Waals surface area contributed by atoms with Crippen LogP contribution in [0.5, 0.6) is 0 Å². The highest BCUT2D eigenvalue weighted by Gasteiger charge is 2.08. The van der Waals surface area contributed by atoms with Gasteiger partial charge in [0.2, 0.25) is 0 Å². The SMILES string of the molecule is O=C(O)Cc1ccccc1-c1ncc[nH]1. The van der Waals surface area contributed by atoms with E-state index in [2.05, 4.69) is 9.97 Å². The number of carbonyl (C=O) groups is 1. The molecule has 0 fully saturated rings. The van der Waals surface area contributed by atoms with E-state index >= 15 is 0 Å². The molecule has 0 aliphatic carbocycles. The Morgan fingerprint density at radius 2 is 2.20 bits per heavy atom. The Morgan fingerprint density at radius 3 is 2.87 bits per heavy atom. The van der Waals surface area contributed by atoms with E-state index in [1.165, 1.54) is 0 Å². The van der Waals surface area contributed by atoms with E-state index in [9.17, 15) is 4.79 Å². The minimum Gasteiger partial charge on any atom is -0.481 e. The average Bonchev–Trinajstić information content (AvgIpc) is 2.70. The van der Waals surface area contributed by atoms with Gasteiger partial charge in [0.25, 0.3) is 0 Å². The number of hydrogen-bond acceptors (Lipinski definition) is 2. The molecule has 0 bridgehead atoms. The molecule has 76 valence electrons. The van der Waals surface area contributed by atoms with Gasteiger partial charge in [-0.05, 0) is 5.56 Å². The fraction of sp³-hybridized carbons (Fsp3) is 0.0909. The summed E-state index contributed by atoms with van der Waals surface area (Å²) in [6.07, 6.45) is 3.37. The molecule has 0 saturated carbocycles. The summed E-state index contributed by atoms with van der Waals surface area (Å²) in [5.41, 5.74) is 1.60. The maximum absolute atomic E-state index is 10.7. The minimum atomic E-state index is -0.839. The highest BCUT2D eigenvalue weighted by atomic mass is 16.4. The molecule has 0 radical (unpaired) electrons. The van der Waals surface area contributed by atoms with E-state index in [1.807, 2.05) is 18.2 Å². The van der Waals surface area contributed by atoms with Gasteiger partial charge in [-0.1, -0.05) is 24.3 Å². The fourth-order valence-electron chi connectivity index (χ4n) is 1.48. The van der Waals surface area contributed by atoms with E-state index < -0.39 is 5.97 Å². The van der Waals surface area contributed by atoms with Crippen LogP contribution in [0.15, 0.2) is 36.7 Å². The van der Waals surface area contributed by atoms with Crippen LogP contribution in [0.2, 0.25) is 0 Å². The molecule has 0 unspecified atom stereocenters. The number of benzene rings is 1. The molecule has 4 heteroatoms. The van der Waals surface area contributed by atoms with Crippen molar-refractivity contribution >= 4 is 5.97 Å². The number of hydrogen-bond donors (Lipinski definition) is 2. The topological polar surface area (TPSA) is 66.0 Å². The van der Waals surface area contributed by atoms with E-state index in [0.717, 1.165) is 11.1 Å². The van der Waals surface area contributed by atoms with Crippen molar-refractivity contribution in [1.82, 2.24) is 9.97 Å². The molecular formula is C11H10N2O2. The van der Waals surface area contributed by atoms with Crippen LogP contribution in [-0.4, -0.2) is 21.0 Å². The summed E-state index contributed by atoms with van der Waals surface area (Å²) in [6.45, 7) is 0. The van der Waals surface area contributed by atoms with E-state index in [1.54, 1.807) is 18.5 Å². The Kier molecular flexibility index (Phi) is 2.49. The van der Waals surface area contributed by atoms with Gasteiger partial charge in [0.05, 0.1) is 6.42 Å². The Hall–Kier alpha value is -2.10. The molecule has 0 amide bonds. The van der Waals surface area contributed by atoms with Crippen molar-refractivity contribution in [3.05, 3.63) is 42.2 Å². The van der Waals surface area contributed by atoms with Crippen LogP contribution in [0.4, 0.5) is 0 Å². The van der Waals surface area contributed by atoms with Crippen LogP contribution in [0.1, 0.15) is 5.56 Å². The molecule has 0 aliphatic heterocycles. The van der Waals surface area contributed by atoms with Gasteiger partial charge in [-0.2, -0.15) is 0 Å². The number of rotatable bonds is 3. The van der Waals surface area contributed by atoms with Crippen molar-refractivity contribution in [2.24, 2.45) is 0 Å². The lowest BCUT2D eigenvalue weighted by molar-refractivity contribution is -0.136. The Labute approximate surface area is 86.6 Å². The predicted molar refractivity (Wildman–Crippen MR) is 55.4 cm³/mol. The van der Waals surface area contributed by atoms with Crippen LogP contribution in [0.3, 0.4) is 0 Å². The van der Waals surface area contributed by atoms with E-state index in [-0.39, 0.29) is 6.42 Å². The number of carboxylic acids is 1. The third-order valence-electron chi connectivity index (χ3n) is 2.11. The van der Waals surface area contributed by atoms with Crippen molar-refractivity contribution in [3.63, 3.8) is 0 Å². The van der Waals surface area contributed by atoms with Gasteiger partial charge in [-0.25, -0.2) is 4.98 Å². The predicted octanol–water partition coefficient (Wildman–Crippen LogP) is 1.70. The summed E-state index contributed by atoms with van der Waals surface area (Å²) in [4.78, 5) is 17.7. The van der Waals surface area contributed by atoms with Crippen LogP contribution in [0, 0.1) is 0 Å². The lowest BCUT2D eigenvalue weighted by atomic mass is 10.0. The molecule has 1 aromatic carbocycles. The first kappa shape index (κ1) is 9.45. The Balaban J connectivity index is 2.42. The second-order valence-electron chi connectivity index (χ2n) is 3.17. The van der Waals surface area contributed by atoms with Crippen molar-refractivity contribution < 1.29 is 9.90 Å². The van der Waals surface area contributed by atoms with Crippen LogP contribution in [0.25, 0.3) is 11.4 Å². The summed E-state index contributed by atoms with van der Waals surface area (Å²) in [5, 5.41) is 8.76. The molecule has 2 rings (SSSR count). The number of nitrogens with one attached hydrogen (secondary N) is 1. The normalized spacial score (nSPS) is 10.1. The van der Waals surface area contributed by atoms with Crippen molar-refractivity contribution in [2.45, 2.75) is 6.42 Å². The molecular weight excluding hydrogens is 192 g/mol. The van der Waals surface area contributed by atoms with Crippen molar-refractivity contribution in [2.75, 3.05) is 0 Å². The molecule has 0 saturated heterocycles. The minimum absolute atomic E-state index is 0.0108.